The van der Waals surface area contributed by atoms with E-state index in [1.165, 1.54) is 36.3 Å². The van der Waals surface area contributed by atoms with E-state index in [1.807, 2.05) is 45.0 Å². The van der Waals surface area contributed by atoms with Gasteiger partial charge in [-0.05, 0) is 63.1 Å². The molecule has 3 aromatic rings. The molecule has 0 unspecified atom stereocenters. The van der Waals surface area contributed by atoms with E-state index in [9.17, 15) is 18.0 Å². The van der Waals surface area contributed by atoms with Gasteiger partial charge in [0.1, 0.15) is 18.3 Å². The van der Waals surface area contributed by atoms with E-state index in [0.717, 1.165) is 21.9 Å². The average molecular weight is 586 g/mol. The molecular weight excluding hydrogens is 550 g/mol. The molecular formula is C30H36ClN3O5S. The number of benzene rings is 3. The molecule has 0 fully saturated rings. The van der Waals surface area contributed by atoms with Crippen LogP contribution in [-0.4, -0.2) is 50.9 Å². The molecule has 40 heavy (non-hydrogen) atoms. The molecule has 3 aromatic carbocycles. The van der Waals surface area contributed by atoms with Crippen LogP contribution in [0.1, 0.15) is 38.3 Å². The van der Waals surface area contributed by atoms with Crippen LogP contribution in [0.3, 0.4) is 0 Å². The highest BCUT2D eigenvalue weighted by Crippen LogP contribution is 2.32. The van der Waals surface area contributed by atoms with Crippen molar-refractivity contribution in [1.29, 1.82) is 0 Å². The third-order valence-corrected chi connectivity index (χ3v) is 8.76. The molecule has 2 amide bonds. The molecule has 2 atom stereocenters. The summed E-state index contributed by atoms with van der Waals surface area (Å²) < 4.78 is 33.9. The van der Waals surface area contributed by atoms with E-state index in [2.05, 4.69) is 5.32 Å². The summed E-state index contributed by atoms with van der Waals surface area (Å²) in [6.07, 6.45) is 0.728. The number of ether oxygens (including phenoxy) is 1. The van der Waals surface area contributed by atoms with Crippen LogP contribution in [0.2, 0.25) is 5.02 Å². The van der Waals surface area contributed by atoms with E-state index in [-0.39, 0.29) is 34.1 Å². The quantitative estimate of drug-likeness (QED) is 0.316. The van der Waals surface area contributed by atoms with Gasteiger partial charge in [-0.2, -0.15) is 0 Å². The molecule has 0 bridgehead atoms. The van der Waals surface area contributed by atoms with Crippen LogP contribution in [0.15, 0.2) is 77.7 Å². The summed E-state index contributed by atoms with van der Waals surface area (Å²) in [6, 6.07) is 19.0. The van der Waals surface area contributed by atoms with Crippen LogP contribution >= 0.6 is 11.6 Å². The van der Waals surface area contributed by atoms with Gasteiger partial charge in [-0.1, -0.05) is 66.6 Å². The number of hydrogen-bond acceptors (Lipinski definition) is 5. The molecule has 0 aromatic heterocycles. The third kappa shape index (κ3) is 7.55. The van der Waals surface area contributed by atoms with Gasteiger partial charge in [0.15, 0.2) is 0 Å². The van der Waals surface area contributed by atoms with Gasteiger partial charge in [0.25, 0.3) is 10.0 Å². The maximum absolute atomic E-state index is 14.0. The van der Waals surface area contributed by atoms with Crippen molar-refractivity contribution in [2.45, 2.75) is 57.6 Å². The maximum Gasteiger partial charge on any atom is 0.264 e. The zero-order chi connectivity index (χ0) is 29.4. The second kappa shape index (κ2) is 13.7. The number of amides is 2. The molecule has 0 radical (unpaired) electrons. The van der Waals surface area contributed by atoms with Crippen molar-refractivity contribution in [3.63, 3.8) is 0 Å². The largest absolute Gasteiger partial charge is 0.495 e. The van der Waals surface area contributed by atoms with Crippen molar-refractivity contribution in [2.24, 2.45) is 0 Å². The minimum absolute atomic E-state index is 0.0161. The van der Waals surface area contributed by atoms with Crippen LogP contribution in [0.25, 0.3) is 0 Å². The van der Waals surface area contributed by atoms with Gasteiger partial charge < -0.3 is 15.0 Å². The van der Waals surface area contributed by atoms with Crippen molar-refractivity contribution < 1.29 is 22.7 Å². The number of sulfonamides is 1. The number of carbonyl (C=O) groups excluding carboxylic acids is 2. The van der Waals surface area contributed by atoms with Gasteiger partial charge in [0.2, 0.25) is 11.8 Å². The van der Waals surface area contributed by atoms with Crippen molar-refractivity contribution >= 4 is 39.1 Å². The molecule has 0 aliphatic carbocycles. The summed E-state index contributed by atoms with van der Waals surface area (Å²) in [4.78, 5) is 28.5. The van der Waals surface area contributed by atoms with Crippen LogP contribution in [0.5, 0.6) is 5.75 Å². The Morgan fingerprint density at radius 2 is 1.65 bits per heavy atom. The van der Waals surface area contributed by atoms with Crippen LogP contribution in [0.4, 0.5) is 5.69 Å². The lowest BCUT2D eigenvalue weighted by Gasteiger charge is -2.32. The zero-order valence-corrected chi connectivity index (χ0v) is 25.0. The minimum atomic E-state index is -4.18. The van der Waals surface area contributed by atoms with Gasteiger partial charge in [-0.25, -0.2) is 8.42 Å². The van der Waals surface area contributed by atoms with Gasteiger partial charge in [-0.3, -0.25) is 13.9 Å². The Morgan fingerprint density at radius 3 is 2.23 bits per heavy atom. The highest BCUT2D eigenvalue weighted by Gasteiger charge is 2.33. The fourth-order valence-corrected chi connectivity index (χ4v) is 5.68. The first kappa shape index (κ1) is 31.0. The summed E-state index contributed by atoms with van der Waals surface area (Å²) in [5.74, 6) is -0.497. The Balaban J connectivity index is 2.04. The Kier molecular flexibility index (Phi) is 10.6. The Labute approximate surface area is 241 Å². The minimum Gasteiger partial charge on any atom is -0.495 e. The second-order valence-electron chi connectivity index (χ2n) is 9.64. The van der Waals surface area contributed by atoms with Crippen LogP contribution in [-0.2, 0) is 26.2 Å². The Bertz CT molecular complexity index is 1420. The fourth-order valence-electron chi connectivity index (χ4n) is 4.00. The molecule has 0 saturated heterocycles. The first-order valence-corrected chi connectivity index (χ1v) is 14.9. The Hall–Kier alpha value is -3.56. The van der Waals surface area contributed by atoms with E-state index >= 15 is 0 Å². The molecule has 3 rings (SSSR count). The second-order valence-corrected chi connectivity index (χ2v) is 11.9. The van der Waals surface area contributed by atoms with Crippen molar-refractivity contribution in [1.82, 2.24) is 10.2 Å². The van der Waals surface area contributed by atoms with Crippen LogP contribution < -0.4 is 14.4 Å². The first-order valence-electron chi connectivity index (χ1n) is 13.0. The maximum atomic E-state index is 14.0. The summed E-state index contributed by atoms with van der Waals surface area (Å²) >= 11 is 6.35. The predicted molar refractivity (Wildman–Crippen MR) is 158 cm³/mol. The number of carbonyl (C=O) groups is 2. The first-order chi connectivity index (χ1) is 19.0. The topological polar surface area (TPSA) is 96.0 Å². The molecule has 0 spiro atoms. The number of nitrogens with zero attached hydrogens (tertiary/aromatic N) is 2. The van der Waals surface area contributed by atoms with E-state index < -0.39 is 28.5 Å². The number of methoxy groups -OCH3 is 1. The summed E-state index contributed by atoms with van der Waals surface area (Å²) in [6.45, 7) is 7.02. The third-order valence-electron chi connectivity index (χ3n) is 6.68. The molecule has 0 aliphatic heterocycles. The number of anilines is 1. The van der Waals surface area contributed by atoms with Gasteiger partial charge in [0, 0.05) is 12.6 Å². The lowest BCUT2D eigenvalue weighted by Crippen LogP contribution is -2.52. The monoisotopic (exact) mass is 585 g/mol. The van der Waals surface area contributed by atoms with E-state index in [1.54, 1.807) is 31.2 Å². The molecule has 0 aliphatic rings. The summed E-state index contributed by atoms with van der Waals surface area (Å²) in [5, 5.41) is 3.12. The molecule has 214 valence electrons. The van der Waals surface area contributed by atoms with Gasteiger partial charge >= 0.3 is 0 Å². The number of rotatable bonds is 12. The number of nitrogens with one attached hydrogen (secondary N) is 1. The number of hydrogen-bond donors (Lipinski definition) is 1. The molecule has 0 saturated carbocycles. The van der Waals surface area contributed by atoms with Crippen molar-refractivity contribution in [3.05, 3.63) is 88.9 Å². The standard InChI is InChI=1S/C30H36ClN3O5S/c1-6-22(3)32-30(36)23(4)33(19-24-14-12-21(2)13-15-24)29(35)20-34(25-16-17-28(39-5)27(31)18-25)40(37,38)26-10-8-7-9-11-26/h7-18,22-23H,6,19-20H2,1-5H3,(H,32,36)/t22-,23+/m0/s1. The number of halogens is 1. The molecule has 0 heterocycles. The SMILES string of the molecule is CC[C@H](C)NC(=O)[C@@H](C)N(Cc1ccc(C)cc1)C(=O)CN(c1ccc(OC)c(Cl)c1)S(=O)(=O)c1ccccc1. The fraction of sp³-hybridized carbons (Fsp3) is 0.333. The lowest BCUT2D eigenvalue weighted by molar-refractivity contribution is -0.139. The highest BCUT2D eigenvalue weighted by molar-refractivity contribution is 7.92. The van der Waals surface area contributed by atoms with Gasteiger partial charge in [0.05, 0.1) is 22.7 Å². The predicted octanol–water partition coefficient (Wildman–Crippen LogP) is 5.18. The normalized spacial score (nSPS) is 12.8. The van der Waals surface area contributed by atoms with Crippen molar-refractivity contribution in [3.8, 4) is 5.75 Å². The highest BCUT2D eigenvalue weighted by atomic mass is 35.5. The van der Waals surface area contributed by atoms with E-state index in [4.69, 9.17) is 16.3 Å². The van der Waals surface area contributed by atoms with Gasteiger partial charge in [-0.15, -0.1) is 0 Å². The molecule has 10 heteroatoms. The average Bonchev–Trinajstić information content (AvgIpc) is 2.95. The smallest absolute Gasteiger partial charge is 0.264 e. The van der Waals surface area contributed by atoms with Crippen LogP contribution in [0, 0.1) is 6.92 Å². The summed E-state index contributed by atoms with van der Waals surface area (Å²) in [5.41, 5.74) is 2.06. The molecule has 1 N–H and O–H groups in total. The zero-order valence-electron chi connectivity index (χ0n) is 23.4. The molecule has 8 nitrogen and oxygen atoms in total. The van der Waals surface area contributed by atoms with E-state index in [0.29, 0.717) is 5.75 Å². The van der Waals surface area contributed by atoms with Crippen molar-refractivity contribution in [2.75, 3.05) is 18.0 Å². The summed E-state index contributed by atoms with van der Waals surface area (Å²) in [7, 11) is -2.72. The lowest BCUT2D eigenvalue weighted by atomic mass is 10.1. The Morgan fingerprint density at radius 1 is 1.00 bits per heavy atom. The number of aryl methyl sites for hydroxylation is 1.